The number of nitrogens with zero attached hydrogens (tertiary/aromatic N) is 2. The fraction of sp³-hybridized carbons (Fsp3) is 0.467. The highest BCUT2D eigenvalue weighted by molar-refractivity contribution is 5.55. The van der Waals surface area contributed by atoms with Gasteiger partial charge in [0, 0.05) is 39.4 Å². The van der Waals surface area contributed by atoms with E-state index in [1.165, 1.54) is 11.3 Å². The lowest BCUT2D eigenvalue weighted by Gasteiger charge is -2.25. The maximum atomic E-state index is 5.33. The summed E-state index contributed by atoms with van der Waals surface area (Å²) >= 11 is 0. The van der Waals surface area contributed by atoms with E-state index in [1.54, 1.807) is 0 Å². The topological polar surface area (TPSA) is 15.7 Å². The Morgan fingerprint density at radius 2 is 1.83 bits per heavy atom. The second-order valence-corrected chi connectivity index (χ2v) is 4.80. The van der Waals surface area contributed by atoms with Crippen LogP contribution in [0.15, 0.2) is 30.3 Å². The molecule has 98 valence electrons. The van der Waals surface area contributed by atoms with Crippen molar-refractivity contribution in [3.8, 4) is 0 Å². The molecule has 1 aliphatic heterocycles. The van der Waals surface area contributed by atoms with Gasteiger partial charge in [-0.2, -0.15) is 0 Å². The number of anilines is 1. The van der Waals surface area contributed by atoms with Gasteiger partial charge in [0.05, 0.1) is 13.2 Å². The van der Waals surface area contributed by atoms with Crippen molar-refractivity contribution in [3.05, 3.63) is 35.9 Å². The van der Waals surface area contributed by atoms with E-state index in [4.69, 9.17) is 4.74 Å². The number of benzene rings is 1. The van der Waals surface area contributed by atoms with Crippen LogP contribution in [0.25, 0.3) is 6.08 Å². The summed E-state index contributed by atoms with van der Waals surface area (Å²) in [6.07, 6.45) is 4.42. The number of hydrogen-bond acceptors (Lipinski definition) is 3. The molecule has 1 aromatic carbocycles. The average molecular weight is 246 g/mol. The normalized spacial score (nSPS) is 17.2. The van der Waals surface area contributed by atoms with Crippen LogP contribution in [0.1, 0.15) is 5.56 Å². The lowest BCUT2D eigenvalue weighted by Crippen LogP contribution is -2.36. The summed E-state index contributed by atoms with van der Waals surface area (Å²) in [6.45, 7) is 4.84. The van der Waals surface area contributed by atoms with Crippen molar-refractivity contribution < 1.29 is 4.74 Å². The van der Waals surface area contributed by atoms with Crippen LogP contribution in [0.3, 0.4) is 0 Å². The van der Waals surface area contributed by atoms with Gasteiger partial charge >= 0.3 is 0 Å². The van der Waals surface area contributed by atoms with Crippen LogP contribution < -0.4 is 4.90 Å². The molecule has 1 saturated heterocycles. The smallest absolute Gasteiger partial charge is 0.0594 e. The Morgan fingerprint density at radius 3 is 2.44 bits per heavy atom. The molecule has 0 atom stereocenters. The number of hydrogen-bond donors (Lipinski definition) is 0. The van der Waals surface area contributed by atoms with Gasteiger partial charge in [-0.05, 0) is 17.7 Å². The van der Waals surface area contributed by atoms with Crippen LogP contribution in [-0.2, 0) is 4.74 Å². The van der Waals surface area contributed by atoms with Crippen LogP contribution in [-0.4, -0.2) is 51.8 Å². The van der Waals surface area contributed by atoms with Gasteiger partial charge in [0.2, 0.25) is 0 Å². The van der Waals surface area contributed by atoms with Crippen molar-refractivity contribution in [2.45, 2.75) is 0 Å². The van der Waals surface area contributed by atoms with Crippen LogP contribution >= 0.6 is 0 Å². The van der Waals surface area contributed by atoms with Gasteiger partial charge in [0.25, 0.3) is 0 Å². The van der Waals surface area contributed by atoms with E-state index < -0.39 is 0 Å². The molecule has 3 heteroatoms. The Kier molecular flexibility index (Phi) is 4.79. The van der Waals surface area contributed by atoms with E-state index in [1.807, 2.05) is 0 Å². The monoisotopic (exact) mass is 246 g/mol. The standard InChI is InChI=1S/C15H22N2O/c1-16(2)15-7-5-14(6-8-15)4-3-9-17-10-12-18-13-11-17/h3-8H,9-13H2,1-2H3/b4-3+. The Morgan fingerprint density at radius 1 is 1.17 bits per heavy atom. The highest BCUT2D eigenvalue weighted by Gasteiger charge is 2.07. The van der Waals surface area contributed by atoms with Crippen LogP contribution in [0, 0.1) is 0 Å². The summed E-state index contributed by atoms with van der Waals surface area (Å²) in [6, 6.07) is 8.61. The first kappa shape index (κ1) is 13.1. The first-order chi connectivity index (χ1) is 8.75. The van der Waals surface area contributed by atoms with Crippen molar-refractivity contribution in [2.24, 2.45) is 0 Å². The van der Waals surface area contributed by atoms with Crippen LogP contribution in [0.2, 0.25) is 0 Å². The molecule has 3 nitrogen and oxygen atoms in total. The quantitative estimate of drug-likeness (QED) is 0.809. The summed E-state index contributed by atoms with van der Waals surface area (Å²) in [5.41, 5.74) is 2.49. The van der Waals surface area contributed by atoms with Gasteiger partial charge in [-0.15, -0.1) is 0 Å². The van der Waals surface area contributed by atoms with Crippen molar-refractivity contribution in [1.29, 1.82) is 0 Å². The highest BCUT2D eigenvalue weighted by atomic mass is 16.5. The Hall–Kier alpha value is -1.32. The van der Waals surface area contributed by atoms with E-state index in [2.05, 4.69) is 60.3 Å². The Labute approximate surface area is 110 Å². The SMILES string of the molecule is CN(C)c1ccc(/C=C/CN2CCOCC2)cc1. The average Bonchev–Trinajstić information content (AvgIpc) is 2.40. The molecule has 0 aromatic heterocycles. The molecule has 1 aromatic rings. The van der Waals surface area contributed by atoms with Crippen molar-refractivity contribution in [3.63, 3.8) is 0 Å². The van der Waals surface area contributed by atoms with E-state index >= 15 is 0 Å². The molecule has 0 amide bonds. The minimum Gasteiger partial charge on any atom is -0.379 e. The number of ether oxygens (including phenoxy) is 1. The number of rotatable bonds is 4. The molecule has 0 radical (unpaired) electrons. The zero-order valence-corrected chi connectivity index (χ0v) is 11.3. The van der Waals surface area contributed by atoms with Crippen LogP contribution in [0.5, 0.6) is 0 Å². The Bertz CT molecular complexity index is 378. The maximum absolute atomic E-state index is 5.33. The largest absolute Gasteiger partial charge is 0.379 e. The van der Waals surface area contributed by atoms with E-state index in [0.29, 0.717) is 0 Å². The molecule has 1 fully saturated rings. The molecular weight excluding hydrogens is 224 g/mol. The predicted octanol–water partition coefficient (Wildman–Crippen LogP) is 2.10. The summed E-state index contributed by atoms with van der Waals surface area (Å²) < 4.78 is 5.33. The summed E-state index contributed by atoms with van der Waals surface area (Å²) in [5.74, 6) is 0. The third-order valence-electron chi connectivity index (χ3n) is 3.19. The summed E-state index contributed by atoms with van der Waals surface area (Å²) in [5, 5.41) is 0. The maximum Gasteiger partial charge on any atom is 0.0594 e. The molecule has 1 aliphatic rings. The molecule has 0 spiro atoms. The molecule has 0 bridgehead atoms. The van der Waals surface area contributed by atoms with E-state index in [9.17, 15) is 0 Å². The summed E-state index contributed by atoms with van der Waals surface area (Å²) in [7, 11) is 4.12. The molecule has 18 heavy (non-hydrogen) atoms. The molecule has 2 rings (SSSR count). The first-order valence-electron chi connectivity index (χ1n) is 6.50. The van der Waals surface area contributed by atoms with Gasteiger partial charge in [-0.1, -0.05) is 24.3 Å². The fourth-order valence-electron chi connectivity index (χ4n) is 2.01. The van der Waals surface area contributed by atoms with Gasteiger partial charge in [-0.3, -0.25) is 4.90 Å². The molecule has 0 saturated carbocycles. The third-order valence-corrected chi connectivity index (χ3v) is 3.19. The molecular formula is C15H22N2O. The van der Waals surface area contributed by atoms with E-state index in [-0.39, 0.29) is 0 Å². The molecule has 0 N–H and O–H groups in total. The van der Waals surface area contributed by atoms with Gasteiger partial charge in [0.1, 0.15) is 0 Å². The van der Waals surface area contributed by atoms with Crippen molar-refractivity contribution in [2.75, 3.05) is 51.8 Å². The molecule has 1 heterocycles. The van der Waals surface area contributed by atoms with E-state index in [0.717, 1.165) is 32.8 Å². The van der Waals surface area contributed by atoms with Crippen molar-refractivity contribution in [1.82, 2.24) is 4.90 Å². The van der Waals surface area contributed by atoms with Crippen LogP contribution in [0.4, 0.5) is 5.69 Å². The lowest BCUT2D eigenvalue weighted by atomic mass is 10.2. The van der Waals surface area contributed by atoms with Gasteiger partial charge in [-0.25, -0.2) is 0 Å². The summed E-state index contributed by atoms with van der Waals surface area (Å²) in [4.78, 5) is 4.52. The second kappa shape index (κ2) is 6.57. The zero-order chi connectivity index (χ0) is 12.8. The predicted molar refractivity (Wildman–Crippen MR) is 77.1 cm³/mol. The Balaban J connectivity index is 1.84. The third kappa shape index (κ3) is 3.86. The molecule has 0 aliphatic carbocycles. The fourth-order valence-corrected chi connectivity index (χ4v) is 2.01. The minimum atomic E-state index is 0.866. The second-order valence-electron chi connectivity index (χ2n) is 4.80. The zero-order valence-electron chi connectivity index (χ0n) is 11.3. The first-order valence-corrected chi connectivity index (χ1v) is 6.50. The lowest BCUT2D eigenvalue weighted by molar-refractivity contribution is 0.0435. The number of morpholine rings is 1. The van der Waals surface area contributed by atoms with Gasteiger partial charge < -0.3 is 9.64 Å². The molecule has 0 unspecified atom stereocenters. The minimum absolute atomic E-state index is 0.866. The van der Waals surface area contributed by atoms with Crippen molar-refractivity contribution >= 4 is 11.8 Å². The highest BCUT2D eigenvalue weighted by Crippen LogP contribution is 2.13. The van der Waals surface area contributed by atoms with Gasteiger partial charge in [0.15, 0.2) is 0 Å².